The molecule has 3 aromatic rings. The van der Waals surface area contributed by atoms with E-state index in [4.69, 9.17) is 0 Å². The van der Waals surface area contributed by atoms with E-state index in [0.29, 0.717) is 22.4 Å². The molecule has 0 atom stereocenters. The van der Waals surface area contributed by atoms with E-state index in [1.807, 2.05) is 24.3 Å². The van der Waals surface area contributed by atoms with Crippen molar-refractivity contribution < 1.29 is 9.18 Å². The van der Waals surface area contributed by atoms with Crippen LogP contribution in [0.4, 0.5) is 9.52 Å². The number of rotatable bonds is 6. The summed E-state index contributed by atoms with van der Waals surface area (Å²) in [5.74, 6) is 0.710. The summed E-state index contributed by atoms with van der Waals surface area (Å²) < 4.78 is 13.1. The van der Waals surface area contributed by atoms with Gasteiger partial charge in [0, 0.05) is 16.6 Å². The molecule has 29 heavy (non-hydrogen) atoms. The molecule has 7 heteroatoms. The molecule has 0 unspecified atom stereocenters. The van der Waals surface area contributed by atoms with Gasteiger partial charge in [-0.3, -0.25) is 10.1 Å². The highest BCUT2D eigenvalue weighted by molar-refractivity contribution is 7.98. The summed E-state index contributed by atoms with van der Waals surface area (Å²) in [4.78, 5) is 13.7. The fraction of sp³-hybridized carbons (Fsp3) is 0.318. The van der Waals surface area contributed by atoms with Crippen LogP contribution in [-0.4, -0.2) is 16.1 Å². The summed E-state index contributed by atoms with van der Waals surface area (Å²) in [5.41, 5.74) is 1.61. The predicted molar refractivity (Wildman–Crippen MR) is 116 cm³/mol. The van der Waals surface area contributed by atoms with Gasteiger partial charge in [0.05, 0.1) is 5.56 Å². The molecule has 1 fully saturated rings. The summed E-state index contributed by atoms with van der Waals surface area (Å²) in [6, 6.07) is 13.9. The van der Waals surface area contributed by atoms with Crippen molar-refractivity contribution in [2.24, 2.45) is 0 Å². The Kier molecular flexibility index (Phi) is 6.56. The predicted octanol–water partition coefficient (Wildman–Crippen LogP) is 6.27. The lowest BCUT2D eigenvalue weighted by Crippen LogP contribution is -2.12. The lowest BCUT2D eigenvalue weighted by molar-refractivity contribution is 0.102. The van der Waals surface area contributed by atoms with Crippen LogP contribution in [0.1, 0.15) is 59.0 Å². The van der Waals surface area contributed by atoms with Gasteiger partial charge in [-0.1, -0.05) is 54.9 Å². The number of carbonyl (C=O) groups is 1. The first-order valence-corrected chi connectivity index (χ1v) is 11.6. The molecule has 1 heterocycles. The Bertz CT molecular complexity index is 968. The molecular formula is C22H22FN3OS2. The van der Waals surface area contributed by atoms with Crippen molar-refractivity contribution in [2.75, 3.05) is 5.32 Å². The number of thioether (sulfide) groups is 1. The number of hydrogen-bond donors (Lipinski definition) is 1. The number of amides is 1. The van der Waals surface area contributed by atoms with Crippen LogP contribution in [0.15, 0.2) is 53.4 Å². The summed E-state index contributed by atoms with van der Waals surface area (Å²) >= 11 is 3.04. The van der Waals surface area contributed by atoms with E-state index in [2.05, 4.69) is 15.5 Å². The van der Waals surface area contributed by atoms with Crippen molar-refractivity contribution >= 4 is 34.1 Å². The quantitative estimate of drug-likeness (QED) is 0.471. The number of aromatic nitrogens is 2. The van der Waals surface area contributed by atoms with Gasteiger partial charge in [-0.25, -0.2) is 4.39 Å². The zero-order valence-corrected chi connectivity index (χ0v) is 17.6. The molecule has 2 aromatic carbocycles. The first-order valence-electron chi connectivity index (χ1n) is 9.80. The number of nitrogens with zero attached hydrogens (tertiary/aromatic N) is 2. The van der Waals surface area contributed by atoms with E-state index < -0.39 is 0 Å². The lowest BCUT2D eigenvalue weighted by atomic mass is 9.90. The molecule has 4 nitrogen and oxygen atoms in total. The van der Waals surface area contributed by atoms with Gasteiger partial charge in [0.15, 0.2) is 0 Å². The highest BCUT2D eigenvalue weighted by Crippen LogP contribution is 2.35. The third-order valence-electron chi connectivity index (χ3n) is 5.05. The van der Waals surface area contributed by atoms with Gasteiger partial charge < -0.3 is 0 Å². The third kappa shape index (κ3) is 5.22. The topological polar surface area (TPSA) is 54.9 Å². The Balaban J connectivity index is 1.42. The normalized spacial score (nSPS) is 14.7. The third-order valence-corrected chi connectivity index (χ3v) is 7.20. The van der Waals surface area contributed by atoms with Gasteiger partial charge in [0.2, 0.25) is 5.13 Å². The van der Waals surface area contributed by atoms with Crippen LogP contribution in [0, 0.1) is 5.82 Å². The van der Waals surface area contributed by atoms with Gasteiger partial charge in [0.1, 0.15) is 10.8 Å². The minimum atomic E-state index is -0.247. The zero-order chi connectivity index (χ0) is 20.1. The average Bonchev–Trinajstić information content (AvgIpc) is 3.22. The van der Waals surface area contributed by atoms with Crippen LogP contribution in [0.3, 0.4) is 0 Å². The Hall–Kier alpha value is -2.25. The molecule has 1 N–H and O–H groups in total. The summed E-state index contributed by atoms with van der Waals surface area (Å²) in [6.07, 6.45) is 6.09. The monoisotopic (exact) mass is 427 g/mol. The molecule has 1 aromatic heterocycles. The number of benzene rings is 2. The molecule has 0 radical (unpaired) electrons. The van der Waals surface area contributed by atoms with Crippen molar-refractivity contribution in [3.8, 4) is 0 Å². The standard InChI is InChI=1S/C22H22FN3OS2/c23-17-12-10-15(11-13-17)14-28-19-9-5-4-8-18(19)20(27)24-22-26-25-21(29-22)16-6-2-1-3-7-16/h4-5,8-13,16H,1-3,6-7,14H2,(H,24,26,27). The van der Waals surface area contributed by atoms with E-state index in [9.17, 15) is 9.18 Å². The number of carbonyl (C=O) groups excluding carboxylic acids is 1. The van der Waals surface area contributed by atoms with Crippen molar-refractivity contribution in [1.82, 2.24) is 10.2 Å². The Morgan fingerprint density at radius 2 is 1.83 bits per heavy atom. The summed E-state index contributed by atoms with van der Waals surface area (Å²) in [7, 11) is 0. The van der Waals surface area contributed by atoms with Crippen molar-refractivity contribution in [1.29, 1.82) is 0 Å². The van der Waals surface area contributed by atoms with Crippen molar-refractivity contribution in [2.45, 2.75) is 48.7 Å². The Labute approximate surface area is 178 Å². The van der Waals surface area contributed by atoms with E-state index >= 15 is 0 Å². The van der Waals surface area contributed by atoms with E-state index in [0.717, 1.165) is 28.3 Å². The second kappa shape index (κ2) is 9.50. The maximum absolute atomic E-state index is 13.1. The number of halogens is 1. The van der Waals surface area contributed by atoms with E-state index in [1.165, 1.54) is 42.7 Å². The van der Waals surface area contributed by atoms with Gasteiger partial charge in [-0.15, -0.1) is 22.0 Å². The first kappa shape index (κ1) is 20.0. The Morgan fingerprint density at radius 3 is 2.62 bits per heavy atom. The van der Waals surface area contributed by atoms with Crippen LogP contribution in [-0.2, 0) is 5.75 Å². The Morgan fingerprint density at radius 1 is 1.07 bits per heavy atom. The fourth-order valence-electron chi connectivity index (χ4n) is 3.49. The van der Waals surface area contributed by atoms with Crippen LogP contribution in [0.5, 0.6) is 0 Å². The largest absolute Gasteiger partial charge is 0.296 e. The van der Waals surface area contributed by atoms with E-state index in [-0.39, 0.29) is 11.7 Å². The second-order valence-corrected chi connectivity index (χ2v) is 9.17. The van der Waals surface area contributed by atoms with Crippen LogP contribution < -0.4 is 5.32 Å². The molecule has 0 bridgehead atoms. The fourth-order valence-corrected chi connectivity index (χ4v) is 5.40. The second-order valence-electron chi connectivity index (χ2n) is 7.15. The molecule has 0 saturated heterocycles. The van der Waals surface area contributed by atoms with Gasteiger partial charge in [0.25, 0.3) is 5.91 Å². The SMILES string of the molecule is O=C(Nc1nnc(C2CCCCC2)s1)c1ccccc1SCc1ccc(F)cc1. The number of anilines is 1. The maximum Gasteiger partial charge on any atom is 0.258 e. The molecule has 4 rings (SSSR count). The minimum absolute atomic E-state index is 0.182. The van der Waals surface area contributed by atoms with Gasteiger partial charge in [-0.2, -0.15) is 0 Å². The van der Waals surface area contributed by atoms with Gasteiger partial charge in [-0.05, 0) is 42.7 Å². The highest BCUT2D eigenvalue weighted by atomic mass is 32.2. The molecule has 1 saturated carbocycles. The molecule has 150 valence electrons. The average molecular weight is 428 g/mol. The molecule has 1 aliphatic carbocycles. The molecule has 0 aliphatic heterocycles. The zero-order valence-electron chi connectivity index (χ0n) is 15.9. The summed E-state index contributed by atoms with van der Waals surface area (Å²) in [6.45, 7) is 0. The van der Waals surface area contributed by atoms with Crippen LogP contribution >= 0.6 is 23.1 Å². The first-order chi connectivity index (χ1) is 14.2. The molecular weight excluding hydrogens is 405 g/mol. The van der Waals surface area contributed by atoms with Crippen molar-refractivity contribution in [3.63, 3.8) is 0 Å². The molecule has 0 spiro atoms. The van der Waals surface area contributed by atoms with Crippen molar-refractivity contribution in [3.05, 3.63) is 70.5 Å². The minimum Gasteiger partial charge on any atom is -0.296 e. The molecule has 1 amide bonds. The summed E-state index contributed by atoms with van der Waals surface area (Å²) in [5, 5.41) is 13.0. The lowest BCUT2D eigenvalue weighted by Gasteiger charge is -2.18. The smallest absolute Gasteiger partial charge is 0.258 e. The molecule has 1 aliphatic rings. The highest BCUT2D eigenvalue weighted by Gasteiger charge is 2.21. The van der Waals surface area contributed by atoms with Gasteiger partial charge >= 0.3 is 0 Å². The number of hydrogen-bond acceptors (Lipinski definition) is 5. The van der Waals surface area contributed by atoms with Crippen LogP contribution in [0.2, 0.25) is 0 Å². The van der Waals surface area contributed by atoms with E-state index in [1.54, 1.807) is 23.9 Å². The van der Waals surface area contributed by atoms with Crippen LogP contribution in [0.25, 0.3) is 0 Å². The maximum atomic E-state index is 13.1. The number of nitrogens with one attached hydrogen (secondary N) is 1.